The van der Waals surface area contributed by atoms with Crippen molar-refractivity contribution in [2.24, 2.45) is 33.7 Å². The first-order valence-electron chi connectivity index (χ1n) is 15.7. The summed E-state index contributed by atoms with van der Waals surface area (Å²) in [6, 6.07) is -1.90. The number of Topliss-reactive ketones (excluding diaryl/α,β-unsaturated/α-hetero) is 1. The first-order valence-corrected chi connectivity index (χ1v) is 15.7. The number of oxime groups is 1. The largest absolute Gasteiger partial charge is 0.480 e. The summed E-state index contributed by atoms with van der Waals surface area (Å²) in [7, 11) is 0. The molecule has 0 aromatic rings. The highest BCUT2D eigenvalue weighted by Gasteiger charge is 2.65. The van der Waals surface area contributed by atoms with Crippen molar-refractivity contribution in [3.63, 3.8) is 0 Å². The van der Waals surface area contributed by atoms with Gasteiger partial charge in [0.15, 0.2) is 12.4 Å². The normalized spacial score (nSPS) is 36.0. The number of aliphatic carboxylic acids is 1. The zero-order valence-electron chi connectivity index (χ0n) is 25.8. The molecule has 3 saturated carbocycles. The van der Waals surface area contributed by atoms with Crippen molar-refractivity contribution in [3.05, 3.63) is 11.6 Å². The van der Waals surface area contributed by atoms with Crippen molar-refractivity contribution in [3.8, 4) is 0 Å². The maximum absolute atomic E-state index is 12.5. The van der Waals surface area contributed by atoms with Gasteiger partial charge in [-0.2, -0.15) is 0 Å². The van der Waals surface area contributed by atoms with Crippen molar-refractivity contribution >= 4 is 29.3 Å². The molecule has 234 valence electrons. The fourth-order valence-corrected chi connectivity index (χ4v) is 8.72. The van der Waals surface area contributed by atoms with Crippen LogP contribution < -0.4 is 10.6 Å². The van der Waals surface area contributed by atoms with Gasteiger partial charge in [0, 0.05) is 5.41 Å². The van der Waals surface area contributed by atoms with E-state index in [4.69, 9.17) is 4.84 Å². The number of nitrogens with one attached hydrogen (secondary N) is 2. The van der Waals surface area contributed by atoms with Crippen molar-refractivity contribution in [2.45, 2.75) is 123 Å². The molecule has 0 heterocycles. The topological polar surface area (TPSA) is 154 Å². The molecule has 10 nitrogen and oxygen atoms in total. The van der Waals surface area contributed by atoms with E-state index in [1.54, 1.807) is 6.92 Å². The number of aliphatic hydroxyl groups is 1. The molecule has 0 aliphatic heterocycles. The van der Waals surface area contributed by atoms with Crippen LogP contribution in [0.3, 0.4) is 0 Å². The van der Waals surface area contributed by atoms with E-state index in [-0.39, 0.29) is 23.2 Å². The van der Waals surface area contributed by atoms with E-state index in [1.807, 2.05) is 6.92 Å². The molecule has 4 N–H and O–H groups in total. The minimum atomic E-state index is -1.20. The molecule has 3 fully saturated rings. The Morgan fingerprint density at radius 3 is 2.45 bits per heavy atom. The third kappa shape index (κ3) is 5.88. The van der Waals surface area contributed by atoms with Gasteiger partial charge in [-0.25, -0.2) is 4.79 Å². The zero-order chi connectivity index (χ0) is 30.9. The highest BCUT2D eigenvalue weighted by molar-refractivity contribution is 5.96. The van der Waals surface area contributed by atoms with Gasteiger partial charge >= 0.3 is 5.97 Å². The third-order valence-electron chi connectivity index (χ3n) is 11.3. The number of hydrogen-bond acceptors (Lipinski definition) is 7. The number of carboxylic acids is 1. The number of carboxylic acid groups (broad SMARTS) is 1. The van der Waals surface area contributed by atoms with E-state index in [1.165, 1.54) is 12.5 Å². The summed E-state index contributed by atoms with van der Waals surface area (Å²) in [6.07, 6.45) is 11.0. The number of nitrogens with zero attached hydrogens (tertiary/aromatic N) is 1. The van der Waals surface area contributed by atoms with E-state index in [0.29, 0.717) is 37.0 Å². The lowest BCUT2D eigenvalue weighted by Crippen LogP contribution is -2.57. The summed E-state index contributed by atoms with van der Waals surface area (Å²) in [5.41, 5.74) is 0.662. The summed E-state index contributed by atoms with van der Waals surface area (Å²) in [6.45, 7) is 9.14. The lowest BCUT2D eigenvalue weighted by molar-refractivity contribution is -0.159. The van der Waals surface area contributed by atoms with Crippen molar-refractivity contribution < 1.29 is 34.2 Å². The van der Waals surface area contributed by atoms with Gasteiger partial charge in [-0.1, -0.05) is 44.3 Å². The Labute approximate surface area is 249 Å². The monoisotopic (exact) mass is 587 g/mol. The SMILES string of the molecule is CCCC[C@@H](NC(=O)[C@@H](C)NC(=O)CON=C1C=C2CC[C@@H]3[C@H](CC[C@@]4(C)[C@H]3CC[C@]4(O)C(C)=O)[C@@]2(C)CC1)C(=O)O. The van der Waals surface area contributed by atoms with Gasteiger partial charge in [0.2, 0.25) is 5.91 Å². The predicted molar refractivity (Wildman–Crippen MR) is 157 cm³/mol. The summed E-state index contributed by atoms with van der Waals surface area (Å²) >= 11 is 0. The van der Waals surface area contributed by atoms with Gasteiger partial charge in [-0.05, 0) is 101 Å². The van der Waals surface area contributed by atoms with Crippen LogP contribution in [0.1, 0.15) is 105 Å². The molecule has 8 atom stereocenters. The molecule has 10 heteroatoms. The van der Waals surface area contributed by atoms with Crippen molar-refractivity contribution in [1.29, 1.82) is 0 Å². The summed E-state index contributed by atoms with van der Waals surface area (Å²) in [5, 5.41) is 29.9. The Balaban J connectivity index is 1.32. The molecule has 0 unspecified atom stereocenters. The summed E-state index contributed by atoms with van der Waals surface area (Å²) < 4.78 is 0. The van der Waals surface area contributed by atoms with E-state index in [9.17, 15) is 29.4 Å². The van der Waals surface area contributed by atoms with E-state index in [0.717, 1.165) is 57.1 Å². The number of hydrogen-bond donors (Lipinski definition) is 4. The molecule has 0 bridgehead atoms. The van der Waals surface area contributed by atoms with Gasteiger partial charge in [-0.15, -0.1) is 0 Å². The highest BCUT2D eigenvalue weighted by atomic mass is 16.6. The van der Waals surface area contributed by atoms with Gasteiger partial charge in [-0.3, -0.25) is 14.4 Å². The second-order valence-corrected chi connectivity index (χ2v) is 13.6. The van der Waals surface area contributed by atoms with Crippen LogP contribution >= 0.6 is 0 Å². The van der Waals surface area contributed by atoms with Crippen molar-refractivity contribution in [2.75, 3.05) is 6.61 Å². The molecule has 4 rings (SSSR count). The van der Waals surface area contributed by atoms with Crippen molar-refractivity contribution in [1.82, 2.24) is 10.6 Å². The second kappa shape index (κ2) is 12.5. The van der Waals surface area contributed by atoms with Gasteiger partial charge in [0.05, 0.1) is 5.71 Å². The number of fused-ring (bicyclic) bond motifs is 5. The maximum Gasteiger partial charge on any atom is 0.326 e. The molecule has 42 heavy (non-hydrogen) atoms. The number of amides is 2. The van der Waals surface area contributed by atoms with E-state index in [2.05, 4.69) is 35.7 Å². The Morgan fingerprint density at radius 1 is 1.07 bits per heavy atom. The maximum atomic E-state index is 12.5. The van der Waals surface area contributed by atoms with E-state index >= 15 is 0 Å². The minimum absolute atomic E-state index is 0.0469. The Hall–Kier alpha value is -2.75. The van der Waals surface area contributed by atoms with Crippen LogP contribution in [0.4, 0.5) is 0 Å². The number of rotatable bonds is 11. The number of carbonyl (C=O) groups excluding carboxylic acids is 3. The first-order chi connectivity index (χ1) is 19.8. The molecule has 2 amide bonds. The lowest BCUT2D eigenvalue weighted by atomic mass is 9.46. The van der Waals surface area contributed by atoms with Crippen LogP contribution in [-0.2, 0) is 24.0 Å². The number of ketones is 1. The zero-order valence-corrected chi connectivity index (χ0v) is 25.8. The fraction of sp³-hybridized carbons (Fsp3) is 0.781. The standard InChI is InChI=1S/C32H49N3O7/c1-6-7-8-26(29(39)40)34-28(38)19(2)33-27(37)18-42-35-22-11-14-30(4)21(17-22)9-10-23-24(30)12-15-31(5)25(23)13-16-32(31,41)20(3)36/h17,19,23-26,41H,6-16,18H2,1-5H3,(H,33,37)(H,34,38)(H,39,40)/t19-,23-,24+,25+,26-,30+,31+,32+/m1/s1. The van der Waals surface area contributed by atoms with Gasteiger partial charge < -0.3 is 25.7 Å². The van der Waals surface area contributed by atoms with Crippen LogP contribution in [0.15, 0.2) is 16.8 Å². The molecule has 0 spiro atoms. The number of unbranched alkanes of at least 4 members (excludes halogenated alkanes) is 1. The molecule has 0 aromatic carbocycles. The average molecular weight is 588 g/mol. The Kier molecular flexibility index (Phi) is 9.55. The van der Waals surface area contributed by atoms with Gasteiger partial charge in [0.25, 0.3) is 5.91 Å². The smallest absolute Gasteiger partial charge is 0.326 e. The average Bonchev–Trinajstić information content (AvgIpc) is 3.22. The lowest BCUT2D eigenvalue weighted by Gasteiger charge is -2.59. The molecule has 4 aliphatic rings. The third-order valence-corrected chi connectivity index (χ3v) is 11.3. The highest BCUT2D eigenvalue weighted by Crippen LogP contribution is 2.67. The molecule has 0 saturated heterocycles. The molecular formula is C32H49N3O7. The van der Waals surface area contributed by atoms with Crippen LogP contribution in [-0.4, -0.2) is 63.8 Å². The number of carbonyl (C=O) groups is 4. The second-order valence-electron chi connectivity index (χ2n) is 13.6. The predicted octanol–water partition coefficient (Wildman–Crippen LogP) is 3.91. The number of allylic oxidation sites excluding steroid dienone is 2. The molecular weight excluding hydrogens is 538 g/mol. The first kappa shape index (κ1) is 32.2. The minimum Gasteiger partial charge on any atom is -0.480 e. The van der Waals surface area contributed by atoms with E-state index < -0.39 is 35.5 Å². The van der Waals surface area contributed by atoms with Crippen LogP contribution in [0, 0.1) is 28.6 Å². The summed E-state index contributed by atoms with van der Waals surface area (Å²) in [5.74, 6) is -0.895. The summed E-state index contributed by atoms with van der Waals surface area (Å²) in [4.78, 5) is 54.0. The Morgan fingerprint density at radius 2 is 1.79 bits per heavy atom. The molecule has 4 aliphatic carbocycles. The van der Waals surface area contributed by atoms with Crippen LogP contribution in [0.2, 0.25) is 0 Å². The van der Waals surface area contributed by atoms with Crippen LogP contribution in [0.25, 0.3) is 0 Å². The Bertz CT molecular complexity index is 1150. The fourth-order valence-electron chi connectivity index (χ4n) is 8.72. The molecule has 0 aromatic heterocycles. The molecule has 0 radical (unpaired) electrons. The quantitative estimate of drug-likeness (QED) is 0.267. The van der Waals surface area contributed by atoms with Gasteiger partial charge in [0.1, 0.15) is 17.7 Å². The van der Waals surface area contributed by atoms with Crippen LogP contribution in [0.5, 0.6) is 0 Å².